The van der Waals surface area contributed by atoms with Gasteiger partial charge in [0.2, 0.25) is 10.0 Å². The minimum absolute atomic E-state index is 0.0715. The highest BCUT2D eigenvalue weighted by molar-refractivity contribution is 9.10. The van der Waals surface area contributed by atoms with Crippen molar-refractivity contribution in [2.75, 3.05) is 4.72 Å². The van der Waals surface area contributed by atoms with Crippen LogP contribution in [0.15, 0.2) is 33.5 Å². The van der Waals surface area contributed by atoms with E-state index in [1.54, 1.807) is 6.07 Å². The summed E-state index contributed by atoms with van der Waals surface area (Å²) in [5.74, 6) is -3.22. The first-order chi connectivity index (χ1) is 12.8. The van der Waals surface area contributed by atoms with Crippen LogP contribution < -0.4 is 4.72 Å². The van der Waals surface area contributed by atoms with E-state index in [2.05, 4.69) is 25.6 Å². The number of oxazole rings is 1. The Morgan fingerprint density at radius 2 is 1.96 bits per heavy atom. The number of sulfonamides is 1. The van der Waals surface area contributed by atoms with Crippen molar-refractivity contribution in [1.82, 2.24) is 4.98 Å². The van der Waals surface area contributed by atoms with Crippen LogP contribution in [-0.4, -0.2) is 18.7 Å². The highest BCUT2D eigenvalue weighted by atomic mass is 79.9. The Balaban J connectivity index is 1.89. The lowest BCUT2D eigenvalue weighted by molar-refractivity contribution is 0.506. The van der Waals surface area contributed by atoms with Gasteiger partial charge in [-0.2, -0.15) is 0 Å². The second kappa shape index (κ2) is 6.52. The lowest BCUT2D eigenvalue weighted by atomic mass is 10.0. The fourth-order valence-corrected chi connectivity index (χ4v) is 4.55. The quantitative estimate of drug-likeness (QED) is 0.608. The molecule has 4 rings (SSSR count). The summed E-state index contributed by atoms with van der Waals surface area (Å²) in [6, 6.07) is 4.14. The van der Waals surface area contributed by atoms with E-state index in [0.29, 0.717) is 17.3 Å². The topological polar surface area (TPSA) is 72.2 Å². The maximum atomic E-state index is 14.7. The molecule has 1 saturated carbocycles. The lowest BCUT2D eigenvalue weighted by Gasteiger charge is -2.15. The first-order valence-electron chi connectivity index (χ1n) is 7.96. The molecule has 1 aliphatic carbocycles. The Bertz CT molecular complexity index is 1160. The molecule has 1 heterocycles. The summed E-state index contributed by atoms with van der Waals surface area (Å²) in [4.78, 5) is 3.61. The lowest BCUT2D eigenvalue weighted by Crippen LogP contribution is -2.19. The first kappa shape index (κ1) is 18.3. The second-order valence-electron chi connectivity index (χ2n) is 6.27. The van der Waals surface area contributed by atoms with E-state index < -0.39 is 38.2 Å². The largest absolute Gasteiger partial charge is 0.441 e. The molecule has 0 amide bonds. The van der Waals surface area contributed by atoms with E-state index in [4.69, 9.17) is 4.42 Å². The Labute approximate surface area is 160 Å². The van der Waals surface area contributed by atoms with Crippen molar-refractivity contribution in [3.05, 3.63) is 57.6 Å². The number of benzene rings is 2. The number of hydrogen-bond donors (Lipinski definition) is 1. The molecule has 1 aromatic heterocycles. The summed E-state index contributed by atoms with van der Waals surface area (Å²) in [6.07, 6.45) is 1.48. The third-order valence-corrected chi connectivity index (χ3v) is 6.68. The predicted octanol–water partition coefficient (Wildman–Crippen LogP) is 4.50. The number of nitrogens with zero attached hydrogens (tertiary/aromatic N) is 1. The van der Waals surface area contributed by atoms with Crippen LogP contribution >= 0.6 is 15.9 Å². The Kier molecular flexibility index (Phi) is 4.42. The minimum atomic E-state index is -3.80. The zero-order chi connectivity index (χ0) is 19.3. The van der Waals surface area contributed by atoms with Gasteiger partial charge in [-0.05, 0) is 30.5 Å². The molecular weight excluding hydrogens is 449 g/mol. The van der Waals surface area contributed by atoms with Crippen molar-refractivity contribution < 1.29 is 26.0 Å². The first-order valence-corrected chi connectivity index (χ1v) is 10.3. The monoisotopic (exact) mass is 460 g/mol. The molecular formula is C17H12BrF3N2O3S. The molecule has 0 aliphatic heterocycles. The third kappa shape index (κ3) is 3.31. The predicted molar refractivity (Wildman–Crippen MR) is 96.4 cm³/mol. The number of aromatic nitrogens is 1. The maximum Gasteiger partial charge on any atom is 0.235 e. The molecule has 0 atom stereocenters. The molecule has 5 nitrogen and oxygen atoms in total. The molecule has 10 heteroatoms. The number of hydrogen-bond acceptors (Lipinski definition) is 4. The van der Waals surface area contributed by atoms with E-state index in [0.717, 1.165) is 6.39 Å². The Morgan fingerprint density at radius 3 is 2.63 bits per heavy atom. The fourth-order valence-electron chi connectivity index (χ4n) is 2.80. The van der Waals surface area contributed by atoms with Crippen molar-refractivity contribution in [2.45, 2.75) is 24.5 Å². The minimum Gasteiger partial charge on any atom is -0.441 e. The van der Waals surface area contributed by atoms with Crippen LogP contribution in [0, 0.1) is 17.5 Å². The van der Waals surface area contributed by atoms with Gasteiger partial charge in [-0.15, -0.1) is 0 Å². The highest BCUT2D eigenvalue weighted by Crippen LogP contribution is 2.37. The molecule has 1 aliphatic rings. The van der Waals surface area contributed by atoms with Gasteiger partial charge in [-0.3, -0.25) is 4.72 Å². The molecule has 0 radical (unpaired) electrons. The van der Waals surface area contributed by atoms with Crippen LogP contribution in [0.2, 0.25) is 0 Å². The average molecular weight is 461 g/mol. The molecule has 0 saturated heterocycles. The van der Waals surface area contributed by atoms with Gasteiger partial charge in [0.1, 0.15) is 17.0 Å². The maximum absolute atomic E-state index is 14.7. The van der Waals surface area contributed by atoms with Gasteiger partial charge in [0, 0.05) is 16.5 Å². The molecule has 1 N–H and O–H groups in total. The average Bonchev–Trinajstić information content (AvgIpc) is 3.36. The summed E-state index contributed by atoms with van der Waals surface area (Å²) in [5, 5.41) is -0.596. The zero-order valence-corrected chi connectivity index (χ0v) is 16.0. The zero-order valence-electron chi connectivity index (χ0n) is 13.6. The van der Waals surface area contributed by atoms with E-state index in [1.807, 2.05) is 0 Å². The van der Waals surface area contributed by atoms with Crippen molar-refractivity contribution in [3.8, 4) is 0 Å². The van der Waals surface area contributed by atoms with Crippen LogP contribution in [0.1, 0.15) is 24.0 Å². The van der Waals surface area contributed by atoms with Gasteiger partial charge in [0.05, 0.1) is 5.25 Å². The summed E-state index contributed by atoms with van der Waals surface area (Å²) in [5.41, 5.74) is -1.19. The summed E-state index contributed by atoms with van der Waals surface area (Å²) < 4.78 is 75.9. The Morgan fingerprint density at radius 1 is 1.22 bits per heavy atom. The van der Waals surface area contributed by atoms with Crippen molar-refractivity contribution >= 4 is 42.7 Å². The van der Waals surface area contributed by atoms with Crippen LogP contribution in [0.25, 0.3) is 11.1 Å². The SMILES string of the molecule is O=S(=O)(Nc1c(Cc2ccc(Br)cc2F)c(F)c(F)c2ncoc12)C1CC1. The van der Waals surface area contributed by atoms with Gasteiger partial charge in [-0.25, -0.2) is 26.6 Å². The van der Waals surface area contributed by atoms with Crippen LogP contribution in [-0.2, 0) is 16.4 Å². The number of halogens is 4. The normalized spacial score (nSPS) is 14.7. The molecule has 142 valence electrons. The van der Waals surface area contributed by atoms with Crippen molar-refractivity contribution in [1.29, 1.82) is 0 Å². The summed E-state index contributed by atoms with van der Waals surface area (Å²) in [7, 11) is -3.80. The van der Waals surface area contributed by atoms with Gasteiger partial charge >= 0.3 is 0 Å². The van der Waals surface area contributed by atoms with Gasteiger partial charge in [-0.1, -0.05) is 22.0 Å². The fraction of sp³-hybridized carbons (Fsp3) is 0.235. The number of anilines is 1. The molecule has 1 fully saturated rings. The summed E-state index contributed by atoms with van der Waals surface area (Å²) in [6.45, 7) is 0. The van der Waals surface area contributed by atoms with E-state index in [1.165, 1.54) is 12.1 Å². The summed E-state index contributed by atoms with van der Waals surface area (Å²) >= 11 is 3.12. The van der Waals surface area contributed by atoms with Gasteiger partial charge in [0.15, 0.2) is 23.6 Å². The van der Waals surface area contributed by atoms with Gasteiger partial charge < -0.3 is 4.42 Å². The van der Waals surface area contributed by atoms with Crippen LogP contribution in [0.4, 0.5) is 18.9 Å². The number of fused-ring (bicyclic) bond motifs is 1. The van der Waals surface area contributed by atoms with Crippen LogP contribution in [0.5, 0.6) is 0 Å². The van der Waals surface area contributed by atoms with Gasteiger partial charge in [0.25, 0.3) is 0 Å². The standard InChI is InChI=1S/C17H12BrF3N2O3S/c18-9-2-1-8(12(19)6-9)5-11-13(20)14(21)16-17(26-7-22-16)15(11)23-27(24,25)10-3-4-10/h1-2,6-7,10,23H,3-5H2. The Hall–Kier alpha value is -2.07. The number of rotatable bonds is 5. The van der Waals surface area contributed by atoms with Crippen LogP contribution in [0.3, 0.4) is 0 Å². The van der Waals surface area contributed by atoms with E-state index in [-0.39, 0.29) is 28.8 Å². The molecule has 2 aromatic carbocycles. The second-order valence-corrected chi connectivity index (χ2v) is 9.15. The smallest absolute Gasteiger partial charge is 0.235 e. The molecule has 27 heavy (non-hydrogen) atoms. The number of nitrogens with one attached hydrogen (secondary N) is 1. The van der Waals surface area contributed by atoms with E-state index in [9.17, 15) is 21.6 Å². The molecule has 0 bridgehead atoms. The highest BCUT2D eigenvalue weighted by Gasteiger charge is 2.37. The molecule has 3 aromatic rings. The van der Waals surface area contributed by atoms with Crippen molar-refractivity contribution in [3.63, 3.8) is 0 Å². The third-order valence-electron chi connectivity index (χ3n) is 4.35. The van der Waals surface area contributed by atoms with Crippen molar-refractivity contribution in [2.24, 2.45) is 0 Å². The molecule has 0 unspecified atom stereocenters. The van der Waals surface area contributed by atoms with E-state index >= 15 is 0 Å². The molecule has 0 spiro atoms.